The molecule has 4 aliphatic carbocycles. The number of aromatic nitrogens is 3. The molecule has 138 valence electrons. The second-order valence-electron chi connectivity index (χ2n) is 9.08. The molecule has 1 unspecified atom stereocenters. The van der Waals surface area contributed by atoms with E-state index in [2.05, 4.69) is 22.6 Å². The molecule has 1 N–H and O–H groups in total. The minimum Gasteiger partial charge on any atom is -0.349 e. The van der Waals surface area contributed by atoms with Crippen LogP contribution in [0.2, 0.25) is 0 Å². The van der Waals surface area contributed by atoms with E-state index >= 15 is 0 Å². The fourth-order valence-corrected chi connectivity index (χ4v) is 6.49. The number of nitrogens with zero attached hydrogens (tertiary/aromatic N) is 3. The van der Waals surface area contributed by atoms with Crippen LogP contribution in [0.3, 0.4) is 0 Å². The van der Waals surface area contributed by atoms with Crippen molar-refractivity contribution in [3.8, 4) is 0 Å². The van der Waals surface area contributed by atoms with Crippen LogP contribution in [0.5, 0.6) is 0 Å². The quantitative estimate of drug-likeness (QED) is 0.911. The van der Waals surface area contributed by atoms with Crippen molar-refractivity contribution in [2.45, 2.75) is 65.0 Å². The predicted octanol–water partition coefficient (Wildman–Crippen LogP) is 3.79. The van der Waals surface area contributed by atoms with E-state index in [9.17, 15) is 4.79 Å². The number of aryl methyl sites for hydroxylation is 1. The van der Waals surface area contributed by atoms with Crippen molar-refractivity contribution in [1.29, 1.82) is 0 Å². The van der Waals surface area contributed by atoms with Gasteiger partial charge in [0.15, 0.2) is 0 Å². The van der Waals surface area contributed by atoms with Gasteiger partial charge in [-0.15, -0.1) is 5.10 Å². The van der Waals surface area contributed by atoms with E-state index in [1.807, 2.05) is 29.8 Å². The fourth-order valence-electron chi connectivity index (χ4n) is 6.49. The molecule has 5 heteroatoms. The van der Waals surface area contributed by atoms with Gasteiger partial charge in [-0.05, 0) is 93.7 Å². The Kier molecular flexibility index (Phi) is 3.63. The number of carbonyl (C=O) groups excluding carboxylic acids is 1. The SMILES string of the molecule is CCn1nnc2cc(C(=O)NC(C)C34CC5CC(CC(C5)C3)C4)ccc21. The minimum atomic E-state index is 0.0289. The Bertz CT molecular complexity index is 820. The summed E-state index contributed by atoms with van der Waals surface area (Å²) in [7, 11) is 0. The highest BCUT2D eigenvalue weighted by molar-refractivity contribution is 5.97. The highest BCUT2D eigenvalue weighted by atomic mass is 16.1. The molecule has 4 aliphatic rings. The summed E-state index contributed by atoms with van der Waals surface area (Å²) in [4.78, 5) is 12.9. The summed E-state index contributed by atoms with van der Waals surface area (Å²) in [5, 5.41) is 11.7. The van der Waals surface area contributed by atoms with Crippen molar-refractivity contribution in [1.82, 2.24) is 20.3 Å². The van der Waals surface area contributed by atoms with E-state index in [-0.39, 0.29) is 11.9 Å². The van der Waals surface area contributed by atoms with Crippen molar-refractivity contribution >= 4 is 16.9 Å². The number of carbonyl (C=O) groups is 1. The molecule has 1 atom stereocenters. The summed E-state index contributed by atoms with van der Waals surface area (Å²) in [6.07, 6.45) is 8.23. The third kappa shape index (κ3) is 2.47. The van der Waals surface area contributed by atoms with Gasteiger partial charge in [-0.1, -0.05) is 5.21 Å². The maximum absolute atomic E-state index is 12.9. The molecular weight excluding hydrogens is 324 g/mol. The van der Waals surface area contributed by atoms with Crippen LogP contribution in [-0.4, -0.2) is 26.9 Å². The lowest BCUT2D eigenvalue weighted by molar-refractivity contribution is -0.0688. The standard InChI is InChI=1S/C21H28N4O/c1-3-25-19-5-4-17(9-18(19)23-24-25)20(26)22-13(2)21-10-14-6-15(11-21)8-16(7-14)12-21/h4-5,9,13-16H,3,6-8,10-12H2,1-2H3,(H,22,26). The van der Waals surface area contributed by atoms with Gasteiger partial charge < -0.3 is 5.32 Å². The highest BCUT2D eigenvalue weighted by Gasteiger charge is 2.53. The van der Waals surface area contributed by atoms with E-state index in [4.69, 9.17) is 0 Å². The Morgan fingerprint density at radius 1 is 1.23 bits per heavy atom. The minimum absolute atomic E-state index is 0.0289. The average molecular weight is 352 g/mol. The van der Waals surface area contributed by atoms with Crippen LogP contribution < -0.4 is 5.32 Å². The maximum Gasteiger partial charge on any atom is 0.251 e. The number of fused-ring (bicyclic) bond motifs is 1. The molecule has 2 aromatic rings. The van der Waals surface area contributed by atoms with Crippen molar-refractivity contribution in [3.63, 3.8) is 0 Å². The first-order valence-corrected chi connectivity index (χ1v) is 10.2. The van der Waals surface area contributed by atoms with Crippen LogP contribution in [0.1, 0.15) is 62.7 Å². The van der Waals surface area contributed by atoms with Crippen molar-refractivity contribution in [3.05, 3.63) is 23.8 Å². The van der Waals surface area contributed by atoms with Gasteiger partial charge in [0.05, 0.1) is 5.52 Å². The van der Waals surface area contributed by atoms with E-state index in [0.29, 0.717) is 11.0 Å². The summed E-state index contributed by atoms with van der Waals surface area (Å²) < 4.78 is 1.86. The molecule has 0 spiro atoms. The van der Waals surface area contributed by atoms with E-state index in [0.717, 1.165) is 35.3 Å². The third-order valence-corrected chi connectivity index (χ3v) is 7.43. The largest absolute Gasteiger partial charge is 0.349 e. The van der Waals surface area contributed by atoms with Crippen LogP contribution >= 0.6 is 0 Å². The van der Waals surface area contributed by atoms with E-state index in [1.54, 1.807) is 0 Å². The summed E-state index contributed by atoms with van der Waals surface area (Å²) in [5.41, 5.74) is 2.80. The second kappa shape index (κ2) is 5.80. The van der Waals surface area contributed by atoms with Crippen LogP contribution in [0.15, 0.2) is 18.2 Å². The average Bonchev–Trinajstić information content (AvgIpc) is 3.02. The zero-order valence-corrected chi connectivity index (χ0v) is 15.7. The summed E-state index contributed by atoms with van der Waals surface area (Å²) >= 11 is 0. The number of hydrogen-bond acceptors (Lipinski definition) is 3. The lowest BCUT2D eigenvalue weighted by Gasteiger charge is -2.59. The third-order valence-electron chi connectivity index (χ3n) is 7.43. The van der Waals surface area contributed by atoms with Gasteiger partial charge in [-0.25, -0.2) is 4.68 Å². The van der Waals surface area contributed by atoms with Crippen LogP contribution in [0, 0.1) is 23.2 Å². The molecule has 1 aromatic carbocycles. The van der Waals surface area contributed by atoms with Crippen molar-refractivity contribution in [2.75, 3.05) is 0 Å². The Morgan fingerprint density at radius 2 is 1.88 bits per heavy atom. The van der Waals surface area contributed by atoms with Gasteiger partial charge in [0.2, 0.25) is 0 Å². The highest BCUT2D eigenvalue weighted by Crippen LogP contribution is 2.61. The molecule has 1 aromatic heterocycles. The molecular formula is C21H28N4O. The zero-order valence-electron chi connectivity index (χ0n) is 15.7. The fraction of sp³-hybridized carbons (Fsp3) is 0.667. The van der Waals surface area contributed by atoms with E-state index in [1.165, 1.54) is 38.5 Å². The Morgan fingerprint density at radius 3 is 2.50 bits per heavy atom. The van der Waals surface area contributed by atoms with E-state index < -0.39 is 0 Å². The summed E-state index contributed by atoms with van der Waals surface area (Å²) in [5.74, 6) is 2.74. The molecule has 1 heterocycles. The number of hydrogen-bond donors (Lipinski definition) is 1. The van der Waals surface area contributed by atoms with Gasteiger partial charge in [0.25, 0.3) is 5.91 Å². The number of amides is 1. The molecule has 0 radical (unpaired) electrons. The molecule has 26 heavy (non-hydrogen) atoms. The predicted molar refractivity (Wildman–Crippen MR) is 101 cm³/mol. The van der Waals surface area contributed by atoms with Crippen molar-refractivity contribution < 1.29 is 4.79 Å². The summed E-state index contributed by atoms with van der Waals surface area (Å²) in [6.45, 7) is 5.06. The first kappa shape index (κ1) is 16.3. The van der Waals surface area contributed by atoms with Gasteiger partial charge in [-0.2, -0.15) is 0 Å². The lowest BCUT2D eigenvalue weighted by atomic mass is 9.48. The number of benzene rings is 1. The molecule has 4 fully saturated rings. The number of rotatable bonds is 4. The van der Waals surface area contributed by atoms with Gasteiger partial charge >= 0.3 is 0 Å². The summed E-state index contributed by atoms with van der Waals surface area (Å²) in [6, 6.07) is 5.98. The first-order valence-electron chi connectivity index (χ1n) is 10.2. The molecule has 0 saturated heterocycles. The van der Waals surface area contributed by atoms with Gasteiger partial charge in [0, 0.05) is 18.2 Å². The molecule has 0 aliphatic heterocycles. The second-order valence-corrected chi connectivity index (χ2v) is 9.08. The number of nitrogens with one attached hydrogen (secondary N) is 1. The molecule has 4 saturated carbocycles. The Balaban J connectivity index is 1.35. The first-order chi connectivity index (χ1) is 12.6. The molecule has 4 bridgehead atoms. The zero-order chi connectivity index (χ0) is 17.9. The van der Waals surface area contributed by atoms with Gasteiger partial charge in [-0.3, -0.25) is 4.79 Å². The van der Waals surface area contributed by atoms with Crippen LogP contribution in [0.4, 0.5) is 0 Å². The Hall–Kier alpha value is -1.91. The topological polar surface area (TPSA) is 59.8 Å². The molecule has 5 nitrogen and oxygen atoms in total. The molecule has 1 amide bonds. The molecule has 6 rings (SSSR count). The van der Waals surface area contributed by atoms with Gasteiger partial charge in [0.1, 0.15) is 5.52 Å². The smallest absolute Gasteiger partial charge is 0.251 e. The van der Waals surface area contributed by atoms with Crippen LogP contribution in [0.25, 0.3) is 11.0 Å². The normalized spacial score (nSPS) is 33.5. The van der Waals surface area contributed by atoms with Crippen LogP contribution in [-0.2, 0) is 6.54 Å². The Labute approximate surface area is 154 Å². The monoisotopic (exact) mass is 352 g/mol. The van der Waals surface area contributed by atoms with Crippen molar-refractivity contribution in [2.24, 2.45) is 23.2 Å². The maximum atomic E-state index is 12.9. The lowest BCUT2D eigenvalue weighted by Crippen LogP contribution is -2.55.